The molecule has 2 heterocycles. The minimum atomic E-state index is -5.02. The lowest BCUT2D eigenvalue weighted by Crippen LogP contribution is -2.46. The van der Waals surface area contributed by atoms with Crippen molar-refractivity contribution in [1.82, 2.24) is 24.1 Å². The van der Waals surface area contributed by atoms with Crippen LogP contribution in [0.4, 0.5) is 31.1 Å². The van der Waals surface area contributed by atoms with E-state index < -0.39 is 107 Å². The molecule has 1 unspecified atom stereocenters. The number of halogens is 6. The Bertz CT molecular complexity index is 1550. The molecule has 1 aromatic heterocycles. The van der Waals surface area contributed by atoms with Crippen molar-refractivity contribution in [3.05, 3.63) is 52.4 Å². The summed E-state index contributed by atoms with van der Waals surface area (Å²) >= 11 is 0. The number of hydrogen-bond acceptors (Lipinski definition) is 7. The van der Waals surface area contributed by atoms with Gasteiger partial charge in [0.05, 0.1) is 18.5 Å². The maximum absolute atomic E-state index is 14.4. The van der Waals surface area contributed by atoms with Gasteiger partial charge in [-0.1, -0.05) is 0 Å². The molecule has 1 atom stereocenters. The molecule has 1 aliphatic heterocycles. The van der Waals surface area contributed by atoms with Gasteiger partial charge in [0, 0.05) is 38.2 Å². The van der Waals surface area contributed by atoms with Crippen LogP contribution in [-0.2, 0) is 45.2 Å². The first-order valence-corrected chi connectivity index (χ1v) is 15.1. The van der Waals surface area contributed by atoms with Crippen molar-refractivity contribution in [2.24, 2.45) is 0 Å². The highest BCUT2D eigenvalue weighted by Gasteiger charge is 2.43. The first-order valence-electron chi connectivity index (χ1n) is 13.2. The lowest BCUT2D eigenvalue weighted by Gasteiger charge is -2.31. The Hall–Kier alpha value is -3.83. The predicted molar refractivity (Wildman–Crippen MR) is 142 cm³/mol. The van der Waals surface area contributed by atoms with Gasteiger partial charge in [-0.2, -0.15) is 13.2 Å². The highest BCUT2D eigenvalue weighted by molar-refractivity contribution is 7.88. The maximum Gasteiger partial charge on any atom is 0.449 e. The average Bonchev–Trinajstić information content (AvgIpc) is 3.25. The molecule has 3 rings (SSSR count). The number of carbonyl (C=O) groups is 3. The van der Waals surface area contributed by atoms with Crippen molar-refractivity contribution in [3.63, 3.8) is 0 Å². The minimum Gasteiger partial charge on any atom is -0.444 e. The Balaban J connectivity index is 1.94. The van der Waals surface area contributed by atoms with Crippen LogP contribution in [-0.4, -0.2) is 76.1 Å². The van der Waals surface area contributed by atoms with Crippen LogP contribution < -0.4 is 5.32 Å². The van der Waals surface area contributed by atoms with Crippen LogP contribution in [0.1, 0.15) is 61.7 Å². The van der Waals surface area contributed by atoms with Crippen LogP contribution in [0.2, 0.25) is 0 Å². The normalized spacial score (nSPS) is 14.6. The van der Waals surface area contributed by atoms with Gasteiger partial charge >= 0.3 is 12.3 Å². The predicted octanol–water partition coefficient (Wildman–Crippen LogP) is 3.61. The van der Waals surface area contributed by atoms with E-state index in [4.69, 9.17) is 4.74 Å². The monoisotopic (exact) mass is 655 g/mol. The Labute approximate surface area is 249 Å². The van der Waals surface area contributed by atoms with Gasteiger partial charge in [0.1, 0.15) is 11.4 Å². The quantitative estimate of drug-likeness (QED) is 0.340. The standard InChI is InChI=1S/C26H31F6N5O6S/c1-6-37(44(5,41)42)22(39)21-19-13-35(7-8-36(19)23(34-21)26(30,31)32)20(38)11-15(33-24(40)43-25(2,3)4)9-14-10-17(28)18(29)12-16(14)27/h10,12,15H,6-9,11,13H2,1-5H3,(H,33,40). The lowest BCUT2D eigenvalue weighted by molar-refractivity contribution is -0.148. The Morgan fingerprint density at radius 2 is 1.68 bits per heavy atom. The van der Waals surface area contributed by atoms with Crippen LogP contribution in [0.25, 0.3) is 0 Å². The largest absolute Gasteiger partial charge is 0.449 e. The number of benzene rings is 1. The summed E-state index contributed by atoms with van der Waals surface area (Å²) in [5.74, 6) is -7.52. The Kier molecular flexibility index (Phi) is 9.96. The fraction of sp³-hybridized carbons (Fsp3) is 0.538. The average molecular weight is 656 g/mol. The highest BCUT2D eigenvalue weighted by atomic mass is 32.2. The van der Waals surface area contributed by atoms with Crippen LogP contribution >= 0.6 is 0 Å². The molecule has 44 heavy (non-hydrogen) atoms. The third-order valence-electron chi connectivity index (χ3n) is 6.43. The van der Waals surface area contributed by atoms with Crippen molar-refractivity contribution in [2.45, 2.75) is 71.4 Å². The smallest absolute Gasteiger partial charge is 0.444 e. The molecule has 1 aromatic carbocycles. The number of alkyl halides is 3. The van der Waals surface area contributed by atoms with Gasteiger partial charge in [0.25, 0.3) is 5.91 Å². The summed E-state index contributed by atoms with van der Waals surface area (Å²) in [6, 6.07) is -0.387. The molecule has 0 saturated heterocycles. The van der Waals surface area contributed by atoms with Gasteiger partial charge in [-0.05, 0) is 45.7 Å². The summed E-state index contributed by atoms with van der Waals surface area (Å²) < 4.78 is 114. The molecule has 0 fully saturated rings. The van der Waals surface area contributed by atoms with E-state index in [1.807, 2.05) is 0 Å². The number of hydrogen-bond donors (Lipinski definition) is 1. The Morgan fingerprint density at radius 1 is 1.07 bits per heavy atom. The van der Waals surface area contributed by atoms with Crippen molar-refractivity contribution in [3.8, 4) is 0 Å². The molecule has 3 amide bonds. The lowest BCUT2D eigenvalue weighted by atomic mass is 10.0. The van der Waals surface area contributed by atoms with Gasteiger partial charge < -0.3 is 19.5 Å². The number of carbonyl (C=O) groups excluding carboxylic acids is 3. The Morgan fingerprint density at radius 3 is 2.23 bits per heavy atom. The summed E-state index contributed by atoms with van der Waals surface area (Å²) in [5, 5.41) is 2.38. The number of amides is 3. The van der Waals surface area contributed by atoms with Crippen molar-refractivity contribution in [2.75, 3.05) is 19.3 Å². The first-order chi connectivity index (χ1) is 20.1. The van der Waals surface area contributed by atoms with Crippen LogP contribution in [0.5, 0.6) is 0 Å². The zero-order valence-electron chi connectivity index (χ0n) is 24.4. The van der Waals surface area contributed by atoms with Gasteiger partial charge in [0.2, 0.25) is 21.8 Å². The fourth-order valence-corrected chi connectivity index (χ4v) is 5.45. The topological polar surface area (TPSA) is 131 Å². The zero-order chi connectivity index (χ0) is 33.4. The molecule has 18 heteroatoms. The molecule has 244 valence electrons. The molecule has 0 saturated carbocycles. The van der Waals surface area contributed by atoms with E-state index in [1.54, 1.807) is 20.8 Å². The highest BCUT2D eigenvalue weighted by Crippen LogP contribution is 2.33. The number of fused-ring (bicyclic) bond motifs is 1. The summed E-state index contributed by atoms with van der Waals surface area (Å²) in [7, 11) is -4.18. The molecule has 2 aromatic rings. The number of sulfonamides is 1. The fourth-order valence-electron chi connectivity index (χ4n) is 4.59. The minimum absolute atomic E-state index is 0.301. The number of aromatic nitrogens is 2. The molecule has 0 aliphatic carbocycles. The second-order valence-corrected chi connectivity index (χ2v) is 12.9. The zero-order valence-corrected chi connectivity index (χ0v) is 25.2. The van der Waals surface area contributed by atoms with E-state index in [2.05, 4.69) is 10.3 Å². The SMILES string of the molecule is CCN(C(=O)c1nc(C(F)(F)F)n2c1CN(C(=O)CC(Cc1cc(F)c(F)cc1F)NC(=O)OC(C)(C)C)CC2)S(C)(=O)=O. The molecular formula is C26H31F6N5O6S. The maximum atomic E-state index is 14.4. The van der Waals surface area contributed by atoms with E-state index in [-0.39, 0.29) is 17.8 Å². The summed E-state index contributed by atoms with van der Waals surface area (Å²) in [6.07, 6.45) is -6.42. The van der Waals surface area contributed by atoms with E-state index >= 15 is 0 Å². The van der Waals surface area contributed by atoms with Gasteiger partial charge in [-0.25, -0.2) is 35.7 Å². The third-order valence-corrected chi connectivity index (χ3v) is 7.65. The molecule has 1 N–H and O–H groups in total. The summed E-state index contributed by atoms with van der Waals surface area (Å²) in [6.45, 7) is 4.19. The van der Waals surface area contributed by atoms with Gasteiger partial charge in [0.15, 0.2) is 17.3 Å². The molecule has 0 radical (unpaired) electrons. The van der Waals surface area contributed by atoms with E-state index in [0.717, 1.165) is 4.90 Å². The van der Waals surface area contributed by atoms with Crippen LogP contribution in [0, 0.1) is 17.5 Å². The third kappa shape index (κ3) is 8.21. The number of nitrogens with zero attached hydrogens (tertiary/aromatic N) is 4. The molecule has 11 nitrogen and oxygen atoms in total. The van der Waals surface area contributed by atoms with Crippen LogP contribution in [0.15, 0.2) is 12.1 Å². The summed E-state index contributed by atoms with van der Waals surface area (Å²) in [5.41, 5.74) is -2.53. The van der Waals surface area contributed by atoms with Crippen molar-refractivity contribution >= 4 is 27.9 Å². The van der Waals surface area contributed by atoms with Crippen molar-refractivity contribution in [1.29, 1.82) is 0 Å². The summed E-state index contributed by atoms with van der Waals surface area (Å²) in [4.78, 5) is 43.4. The number of alkyl carbamates (subject to hydrolysis) is 1. The van der Waals surface area contributed by atoms with Crippen molar-refractivity contribution < 1.29 is 53.9 Å². The molecule has 0 bridgehead atoms. The molecular weight excluding hydrogens is 624 g/mol. The number of rotatable bonds is 8. The van der Waals surface area contributed by atoms with Crippen LogP contribution in [0.3, 0.4) is 0 Å². The number of ether oxygens (including phenoxy) is 1. The second kappa shape index (κ2) is 12.6. The molecule has 1 aliphatic rings. The van der Waals surface area contributed by atoms with Gasteiger partial charge in [-0.3, -0.25) is 9.59 Å². The molecule has 0 spiro atoms. The number of nitrogens with one attached hydrogen (secondary N) is 1. The van der Waals surface area contributed by atoms with E-state index in [1.165, 1.54) is 6.92 Å². The van der Waals surface area contributed by atoms with E-state index in [0.29, 0.717) is 27.3 Å². The second-order valence-electron chi connectivity index (χ2n) is 11.0. The number of imidazole rings is 1. The van der Waals surface area contributed by atoms with E-state index in [9.17, 15) is 49.1 Å². The first kappa shape index (κ1) is 34.7. The van der Waals surface area contributed by atoms with Gasteiger partial charge in [-0.15, -0.1) is 0 Å².